The average Bonchev–Trinajstić information content (AvgIpc) is 3.72. The van der Waals surface area contributed by atoms with E-state index in [1.165, 1.54) is 25.9 Å². The van der Waals surface area contributed by atoms with Gasteiger partial charge in [-0.25, -0.2) is 4.98 Å². The highest BCUT2D eigenvalue weighted by molar-refractivity contribution is 6.00. The zero-order valence-corrected chi connectivity index (χ0v) is 23.7. The number of aromatic amines is 2. The molecule has 3 aromatic heterocycles. The van der Waals surface area contributed by atoms with E-state index in [0.29, 0.717) is 41.3 Å². The summed E-state index contributed by atoms with van der Waals surface area (Å²) in [4.78, 5) is 41.3. The van der Waals surface area contributed by atoms with Gasteiger partial charge in [0.15, 0.2) is 0 Å². The first-order chi connectivity index (χ1) is 19.3. The van der Waals surface area contributed by atoms with Crippen LogP contribution < -0.4 is 10.9 Å². The molecule has 0 bridgehead atoms. The Hall–Kier alpha value is -3.92. The van der Waals surface area contributed by atoms with Gasteiger partial charge in [-0.15, -0.1) is 0 Å². The number of hydrogen-bond acceptors (Lipinski definition) is 7. The largest absolute Gasteiger partial charge is 0.381 e. The van der Waals surface area contributed by atoms with Crippen molar-refractivity contribution < 1.29 is 9.32 Å². The summed E-state index contributed by atoms with van der Waals surface area (Å²) >= 11 is 0. The minimum atomic E-state index is -0.265. The van der Waals surface area contributed by atoms with Crippen LogP contribution in [-0.2, 0) is 11.2 Å². The van der Waals surface area contributed by atoms with Crippen LogP contribution in [0.4, 0.5) is 5.69 Å². The summed E-state index contributed by atoms with van der Waals surface area (Å²) in [6.45, 7) is 14.7. The van der Waals surface area contributed by atoms with Crippen molar-refractivity contribution in [2.75, 3.05) is 38.0 Å². The van der Waals surface area contributed by atoms with Gasteiger partial charge in [-0.1, -0.05) is 11.7 Å². The number of anilines is 1. The molecule has 1 unspecified atom stereocenters. The first-order valence-corrected chi connectivity index (χ1v) is 14.2. The number of amides is 1. The number of nitrogens with one attached hydrogen (secondary N) is 3. The molecule has 0 saturated carbocycles. The number of pyridine rings is 1. The van der Waals surface area contributed by atoms with Gasteiger partial charge in [-0.2, -0.15) is 0 Å². The highest BCUT2D eigenvalue weighted by Crippen LogP contribution is 2.27. The minimum absolute atomic E-state index is 0.000313. The molecule has 5 heterocycles. The van der Waals surface area contributed by atoms with Crippen LogP contribution in [0.25, 0.3) is 23.5 Å². The Morgan fingerprint density at radius 1 is 1.20 bits per heavy atom. The third kappa shape index (κ3) is 5.96. The predicted octanol–water partition coefficient (Wildman–Crippen LogP) is 4.16. The molecular formula is C30H39N7O3. The van der Waals surface area contributed by atoms with Crippen LogP contribution in [-0.4, -0.2) is 74.6 Å². The lowest BCUT2D eigenvalue weighted by Crippen LogP contribution is -2.29. The number of aryl methyl sites for hydroxylation is 2. The molecule has 3 aromatic rings. The Balaban J connectivity index is 1.33. The molecule has 0 aromatic carbocycles. The van der Waals surface area contributed by atoms with Gasteiger partial charge in [0.05, 0.1) is 22.8 Å². The quantitative estimate of drug-likeness (QED) is 0.309. The highest BCUT2D eigenvalue weighted by Gasteiger charge is 2.27. The third-order valence-electron chi connectivity index (χ3n) is 7.88. The fraction of sp³-hybridized carbons (Fsp3) is 0.467. The van der Waals surface area contributed by atoms with Crippen molar-refractivity contribution in [3.8, 4) is 11.4 Å². The van der Waals surface area contributed by atoms with Crippen molar-refractivity contribution in [2.24, 2.45) is 0 Å². The molecule has 40 heavy (non-hydrogen) atoms. The molecule has 0 aliphatic carbocycles. The first-order valence-electron chi connectivity index (χ1n) is 14.2. The van der Waals surface area contributed by atoms with Gasteiger partial charge in [0, 0.05) is 36.5 Å². The summed E-state index contributed by atoms with van der Waals surface area (Å²) < 4.78 is 5.30. The van der Waals surface area contributed by atoms with Gasteiger partial charge in [0.2, 0.25) is 5.91 Å². The fourth-order valence-electron chi connectivity index (χ4n) is 5.71. The summed E-state index contributed by atoms with van der Waals surface area (Å²) in [7, 11) is 0. The number of aromatic nitrogens is 4. The number of imidazole rings is 1. The minimum Gasteiger partial charge on any atom is -0.381 e. The molecule has 0 spiro atoms. The van der Waals surface area contributed by atoms with Gasteiger partial charge in [0.25, 0.3) is 5.56 Å². The van der Waals surface area contributed by atoms with Crippen LogP contribution in [0.1, 0.15) is 61.0 Å². The van der Waals surface area contributed by atoms with Crippen LogP contribution in [0, 0.1) is 13.8 Å². The lowest BCUT2D eigenvalue weighted by atomic mass is 10.0. The summed E-state index contributed by atoms with van der Waals surface area (Å²) in [5.74, 6) is 1.28. The summed E-state index contributed by atoms with van der Waals surface area (Å²) in [5.41, 5.74) is 4.73. The number of H-pyrrole nitrogens is 2. The normalized spacial score (nSPS) is 17.7. The van der Waals surface area contributed by atoms with E-state index in [-0.39, 0.29) is 17.5 Å². The average molecular weight is 546 g/mol. The van der Waals surface area contributed by atoms with Crippen molar-refractivity contribution in [3.05, 3.63) is 63.2 Å². The van der Waals surface area contributed by atoms with Crippen LogP contribution in [0.3, 0.4) is 0 Å². The molecular weight excluding hydrogens is 506 g/mol. The molecule has 2 fully saturated rings. The second kappa shape index (κ2) is 12.1. The van der Waals surface area contributed by atoms with Gasteiger partial charge >= 0.3 is 0 Å². The fourth-order valence-corrected chi connectivity index (χ4v) is 5.71. The van der Waals surface area contributed by atoms with E-state index < -0.39 is 0 Å². The number of hydrogen-bond donors (Lipinski definition) is 3. The molecule has 2 aliphatic rings. The maximum Gasteiger partial charge on any atom is 0.261 e. The van der Waals surface area contributed by atoms with E-state index in [9.17, 15) is 9.59 Å². The smallest absolute Gasteiger partial charge is 0.261 e. The van der Waals surface area contributed by atoms with Crippen molar-refractivity contribution >= 4 is 23.7 Å². The van der Waals surface area contributed by atoms with Crippen molar-refractivity contribution in [2.45, 2.75) is 58.9 Å². The van der Waals surface area contributed by atoms with Crippen molar-refractivity contribution in [1.29, 1.82) is 0 Å². The third-order valence-corrected chi connectivity index (χ3v) is 7.88. The van der Waals surface area contributed by atoms with E-state index in [1.54, 1.807) is 12.3 Å². The molecule has 5 rings (SSSR count). The topological polar surface area (TPSA) is 123 Å². The van der Waals surface area contributed by atoms with E-state index in [0.717, 1.165) is 48.6 Å². The second-order valence-corrected chi connectivity index (χ2v) is 10.9. The maximum absolute atomic E-state index is 13.1. The summed E-state index contributed by atoms with van der Waals surface area (Å²) in [6, 6.07) is 1.83. The van der Waals surface area contributed by atoms with E-state index in [2.05, 4.69) is 36.9 Å². The van der Waals surface area contributed by atoms with Crippen LogP contribution in [0.5, 0.6) is 0 Å². The number of carbonyl (C=O) groups excluding carboxylic acids is 1. The van der Waals surface area contributed by atoms with Crippen LogP contribution in [0.15, 0.2) is 33.7 Å². The van der Waals surface area contributed by atoms with Gasteiger partial charge < -0.3 is 29.6 Å². The molecule has 1 amide bonds. The molecule has 2 aliphatic heterocycles. The first kappa shape index (κ1) is 27.6. The molecule has 2 saturated heterocycles. The maximum atomic E-state index is 13.1. The van der Waals surface area contributed by atoms with Crippen molar-refractivity contribution in [3.63, 3.8) is 0 Å². The highest BCUT2D eigenvalue weighted by atomic mass is 16.5. The molecule has 10 heteroatoms. The van der Waals surface area contributed by atoms with E-state index in [4.69, 9.17) is 4.52 Å². The Morgan fingerprint density at radius 3 is 2.73 bits per heavy atom. The zero-order chi connectivity index (χ0) is 28.2. The Morgan fingerprint density at radius 2 is 2.00 bits per heavy atom. The van der Waals surface area contributed by atoms with Crippen LogP contribution in [0.2, 0.25) is 0 Å². The Bertz CT molecular complexity index is 1440. The van der Waals surface area contributed by atoms with Crippen molar-refractivity contribution in [1.82, 2.24) is 29.9 Å². The monoisotopic (exact) mass is 545 g/mol. The van der Waals surface area contributed by atoms with Gasteiger partial charge in [-0.3, -0.25) is 9.59 Å². The zero-order valence-electron chi connectivity index (χ0n) is 23.7. The molecule has 0 radical (unpaired) electrons. The number of likely N-dealkylation sites (tertiary alicyclic amines) is 2. The van der Waals surface area contributed by atoms with Crippen LogP contribution >= 0.6 is 0 Å². The Labute approximate surface area is 234 Å². The SMILES string of the molecule is C=Cc1nc(-c2c(NC(C)Cc3c(C)noc3C)cc[nH]c2=O)[nH]c1/C=C1\CCN(CCCN2CCCC2)C1=O. The number of carbonyl (C=O) groups is 1. The van der Waals surface area contributed by atoms with Gasteiger partial charge in [0.1, 0.15) is 17.1 Å². The number of nitrogens with zero attached hydrogens (tertiary/aromatic N) is 4. The Kier molecular flexibility index (Phi) is 8.35. The standard InChI is InChI=1S/C30H39N7O3/c1-5-24-26(18-22-10-16-37(30(22)39)15-8-14-36-12-6-7-13-36)34-28(33-24)27-25(9-11-31-29(27)38)32-19(2)17-23-20(3)35-40-21(23)4/h5,9,11,18-19H,1,6-8,10,12-17H2,2-4H3,(H,33,34)(H2,31,32,38)/b22-18+. The molecule has 3 N–H and O–H groups in total. The van der Waals surface area contributed by atoms with E-state index in [1.807, 2.05) is 37.8 Å². The molecule has 1 atom stereocenters. The predicted molar refractivity (Wildman–Crippen MR) is 157 cm³/mol. The summed E-state index contributed by atoms with van der Waals surface area (Å²) in [6.07, 6.45) is 10.1. The second-order valence-electron chi connectivity index (χ2n) is 10.9. The molecule has 212 valence electrons. The summed E-state index contributed by atoms with van der Waals surface area (Å²) in [5, 5.41) is 7.50. The van der Waals surface area contributed by atoms with Gasteiger partial charge in [-0.05, 0) is 90.7 Å². The number of rotatable bonds is 11. The van der Waals surface area contributed by atoms with E-state index >= 15 is 0 Å². The molecule has 10 nitrogen and oxygen atoms in total. The lowest BCUT2D eigenvalue weighted by Gasteiger charge is -2.18. The lowest BCUT2D eigenvalue weighted by molar-refractivity contribution is -0.124.